The second-order valence-corrected chi connectivity index (χ2v) is 7.42. The van der Waals surface area contributed by atoms with Gasteiger partial charge in [-0.3, -0.25) is 0 Å². The van der Waals surface area contributed by atoms with E-state index in [0.29, 0.717) is 0 Å². The lowest BCUT2D eigenvalue weighted by atomic mass is 10.0. The number of carboxylic acids is 1. The fourth-order valence-electron chi connectivity index (χ4n) is 1.60. The molecule has 0 unspecified atom stereocenters. The summed E-state index contributed by atoms with van der Waals surface area (Å²) in [6, 6.07) is 3.68. The minimum absolute atomic E-state index is 0.00885. The van der Waals surface area contributed by atoms with Gasteiger partial charge in [-0.1, -0.05) is 0 Å². The number of carbonyl (C=O) groups is 1. The summed E-state index contributed by atoms with van der Waals surface area (Å²) in [5, 5.41) is 17.8. The minimum atomic E-state index is -3.81. The van der Waals surface area contributed by atoms with Crippen molar-refractivity contribution in [2.75, 3.05) is 6.61 Å². The summed E-state index contributed by atoms with van der Waals surface area (Å²) < 4.78 is 27.2. The first-order valence-corrected chi connectivity index (χ1v) is 8.04. The first kappa shape index (κ1) is 17.1. The molecule has 0 spiro atoms. The molecule has 112 valence electrons. The van der Waals surface area contributed by atoms with E-state index in [1.807, 2.05) is 0 Å². The molecule has 0 aliphatic rings. The molecule has 0 amide bonds. The summed E-state index contributed by atoms with van der Waals surface area (Å²) in [5.74, 6) is -1.14. The molecule has 1 aromatic carbocycles. The highest BCUT2D eigenvalue weighted by atomic mass is 79.9. The number of aliphatic hydroxyl groups is 1. The Balaban J connectivity index is 3.14. The molecule has 1 rings (SSSR count). The van der Waals surface area contributed by atoms with E-state index in [0.717, 1.165) is 0 Å². The third-order valence-electron chi connectivity index (χ3n) is 2.62. The summed E-state index contributed by atoms with van der Waals surface area (Å²) in [5.41, 5.74) is -0.816. The predicted molar refractivity (Wildman–Crippen MR) is 77.2 cm³/mol. The third kappa shape index (κ3) is 4.27. The number of nitrogens with one attached hydrogen (secondary N) is 1. The fourth-order valence-corrected chi connectivity index (χ4v) is 4.12. The Bertz CT molecular complexity index is 612. The summed E-state index contributed by atoms with van der Waals surface area (Å²) in [6.45, 7) is 3.16. The van der Waals surface area contributed by atoms with Gasteiger partial charge in [-0.25, -0.2) is 17.9 Å². The van der Waals surface area contributed by atoms with Gasteiger partial charge in [0, 0.05) is 16.6 Å². The SMILES string of the molecule is CC(C)(CCO)NS(=O)(=O)c1ccc(C(=O)O)cc1Br. The molecule has 0 saturated heterocycles. The lowest BCUT2D eigenvalue weighted by Gasteiger charge is -2.25. The van der Waals surface area contributed by atoms with Crippen LogP contribution in [0.25, 0.3) is 0 Å². The van der Waals surface area contributed by atoms with Crippen molar-refractivity contribution in [2.24, 2.45) is 0 Å². The van der Waals surface area contributed by atoms with Crippen LogP contribution in [0.5, 0.6) is 0 Å². The van der Waals surface area contributed by atoms with Gasteiger partial charge in [-0.2, -0.15) is 0 Å². The summed E-state index contributed by atoms with van der Waals surface area (Å²) in [6.07, 6.45) is 0.261. The number of hydrogen-bond acceptors (Lipinski definition) is 4. The number of rotatable bonds is 6. The van der Waals surface area contributed by atoms with E-state index in [2.05, 4.69) is 20.7 Å². The van der Waals surface area contributed by atoms with Crippen LogP contribution >= 0.6 is 15.9 Å². The van der Waals surface area contributed by atoms with Crippen molar-refractivity contribution < 1.29 is 23.4 Å². The monoisotopic (exact) mass is 365 g/mol. The van der Waals surface area contributed by atoms with Crippen LogP contribution in [0.2, 0.25) is 0 Å². The molecular formula is C12H16BrNO5S. The van der Waals surface area contributed by atoms with E-state index >= 15 is 0 Å². The second kappa shape index (κ2) is 6.21. The van der Waals surface area contributed by atoms with Crippen LogP contribution in [0.4, 0.5) is 0 Å². The van der Waals surface area contributed by atoms with Crippen molar-refractivity contribution in [1.82, 2.24) is 4.72 Å². The molecule has 1 aromatic rings. The molecule has 0 atom stereocenters. The van der Waals surface area contributed by atoms with Crippen LogP contribution in [0, 0.1) is 0 Å². The average Bonchev–Trinajstić information content (AvgIpc) is 2.26. The van der Waals surface area contributed by atoms with E-state index in [4.69, 9.17) is 10.2 Å². The zero-order valence-electron chi connectivity index (χ0n) is 11.1. The highest BCUT2D eigenvalue weighted by molar-refractivity contribution is 9.10. The number of hydrogen-bond donors (Lipinski definition) is 3. The van der Waals surface area contributed by atoms with Crippen LogP contribution < -0.4 is 4.72 Å². The number of sulfonamides is 1. The Morgan fingerprint density at radius 1 is 1.40 bits per heavy atom. The van der Waals surface area contributed by atoms with Gasteiger partial charge < -0.3 is 10.2 Å². The van der Waals surface area contributed by atoms with E-state index in [-0.39, 0.29) is 28.0 Å². The predicted octanol–water partition coefficient (Wildman–Crippen LogP) is 1.59. The summed E-state index contributed by atoms with van der Waals surface area (Å²) >= 11 is 3.07. The zero-order chi connectivity index (χ0) is 15.6. The number of aliphatic hydroxyl groups excluding tert-OH is 1. The standard InChI is InChI=1S/C12H16BrNO5S/c1-12(2,5-6-15)14-20(18,19)10-4-3-8(11(16)17)7-9(10)13/h3-4,7,14-15H,5-6H2,1-2H3,(H,16,17). The smallest absolute Gasteiger partial charge is 0.335 e. The molecule has 3 N–H and O–H groups in total. The van der Waals surface area contributed by atoms with Gasteiger partial charge in [-0.15, -0.1) is 0 Å². The van der Waals surface area contributed by atoms with E-state index in [1.54, 1.807) is 13.8 Å². The van der Waals surface area contributed by atoms with Crippen LogP contribution in [-0.2, 0) is 10.0 Å². The molecule has 0 saturated carbocycles. The molecular weight excluding hydrogens is 350 g/mol. The molecule has 0 fully saturated rings. The zero-order valence-corrected chi connectivity index (χ0v) is 13.5. The van der Waals surface area contributed by atoms with E-state index in [9.17, 15) is 13.2 Å². The van der Waals surface area contributed by atoms with Crippen molar-refractivity contribution in [3.8, 4) is 0 Å². The maximum atomic E-state index is 12.3. The van der Waals surface area contributed by atoms with Crippen molar-refractivity contribution in [3.63, 3.8) is 0 Å². The van der Waals surface area contributed by atoms with E-state index in [1.165, 1.54) is 18.2 Å². The number of benzene rings is 1. The third-order valence-corrected chi connectivity index (χ3v) is 5.29. The van der Waals surface area contributed by atoms with Gasteiger partial charge in [0.15, 0.2) is 0 Å². The van der Waals surface area contributed by atoms with Gasteiger partial charge in [0.05, 0.1) is 10.5 Å². The Labute approximate surface area is 126 Å². The minimum Gasteiger partial charge on any atom is -0.478 e. The Hall–Kier alpha value is -0.960. The fraction of sp³-hybridized carbons (Fsp3) is 0.417. The topological polar surface area (TPSA) is 104 Å². The number of carboxylic acid groups (broad SMARTS) is 1. The molecule has 6 nitrogen and oxygen atoms in total. The molecule has 8 heteroatoms. The van der Waals surface area contributed by atoms with Crippen LogP contribution in [0.3, 0.4) is 0 Å². The quantitative estimate of drug-likeness (QED) is 0.709. The van der Waals surface area contributed by atoms with Crippen molar-refractivity contribution in [2.45, 2.75) is 30.7 Å². The molecule has 0 radical (unpaired) electrons. The van der Waals surface area contributed by atoms with Crippen LogP contribution in [-0.4, -0.2) is 36.7 Å². The van der Waals surface area contributed by atoms with Crippen molar-refractivity contribution >= 4 is 31.9 Å². The lowest BCUT2D eigenvalue weighted by Crippen LogP contribution is -2.44. The van der Waals surface area contributed by atoms with Crippen molar-refractivity contribution in [1.29, 1.82) is 0 Å². The summed E-state index contributed by atoms with van der Waals surface area (Å²) in [7, 11) is -3.81. The van der Waals surface area contributed by atoms with E-state index < -0.39 is 21.5 Å². The normalized spacial score (nSPS) is 12.4. The number of aromatic carboxylic acids is 1. The largest absolute Gasteiger partial charge is 0.478 e. The number of halogens is 1. The van der Waals surface area contributed by atoms with Gasteiger partial charge >= 0.3 is 5.97 Å². The molecule has 0 heterocycles. The first-order valence-electron chi connectivity index (χ1n) is 5.77. The van der Waals surface area contributed by atoms with Gasteiger partial charge in [0.2, 0.25) is 10.0 Å². The summed E-state index contributed by atoms with van der Waals surface area (Å²) in [4.78, 5) is 10.8. The molecule has 0 aromatic heterocycles. The Kier molecular flexibility index (Phi) is 5.31. The molecule has 0 aliphatic heterocycles. The maximum Gasteiger partial charge on any atom is 0.335 e. The van der Waals surface area contributed by atoms with Gasteiger partial charge in [0.25, 0.3) is 0 Å². The van der Waals surface area contributed by atoms with Crippen LogP contribution in [0.15, 0.2) is 27.6 Å². The molecule has 0 bridgehead atoms. The van der Waals surface area contributed by atoms with Gasteiger partial charge in [0.1, 0.15) is 0 Å². The highest BCUT2D eigenvalue weighted by Gasteiger charge is 2.27. The first-order chi connectivity index (χ1) is 9.09. The lowest BCUT2D eigenvalue weighted by molar-refractivity contribution is 0.0696. The Morgan fingerprint density at radius 3 is 2.45 bits per heavy atom. The average molecular weight is 366 g/mol. The van der Waals surface area contributed by atoms with Crippen LogP contribution in [0.1, 0.15) is 30.6 Å². The molecule has 20 heavy (non-hydrogen) atoms. The Morgan fingerprint density at radius 2 is 2.00 bits per heavy atom. The van der Waals surface area contributed by atoms with Crippen molar-refractivity contribution in [3.05, 3.63) is 28.2 Å². The maximum absolute atomic E-state index is 12.3. The van der Waals surface area contributed by atoms with Gasteiger partial charge in [-0.05, 0) is 54.4 Å². The highest BCUT2D eigenvalue weighted by Crippen LogP contribution is 2.25. The molecule has 0 aliphatic carbocycles. The second-order valence-electron chi connectivity index (χ2n) is 4.91.